The van der Waals surface area contributed by atoms with Crippen LogP contribution < -0.4 is 10.6 Å². The SMILES string of the molecule is C[C@@H]1C[C@H](N2C(=N)N[C@](C)(c3cccc(NC(=O)c4cnccc4C(F)(F)F)c3Cl)CC2=O)CCO1. The number of guanidine groups is 1. The zero-order valence-electron chi connectivity index (χ0n) is 19.6. The first-order chi connectivity index (χ1) is 16.9. The van der Waals surface area contributed by atoms with Crippen molar-refractivity contribution in [2.75, 3.05) is 11.9 Å². The summed E-state index contributed by atoms with van der Waals surface area (Å²) < 4.78 is 45.6. The lowest BCUT2D eigenvalue weighted by Gasteiger charge is -2.45. The van der Waals surface area contributed by atoms with E-state index in [1.807, 2.05) is 6.92 Å². The van der Waals surface area contributed by atoms with E-state index in [9.17, 15) is 22.8 Å². The molecule has 3 heterocycles. The van der Waals surface area contributed by atoms with E-state index in [1.54, 1.807) is 19.1 Å². The Hall–Kier alpha value is -3.18. The Labute approximate surface area is 210 Å². The molecule has 3 atom stereocenters. The van der Waals surface area contributed by atoms with Gasteiger partial charge in [-0.3, -0.25) is 24.9 Å². The van der Waals surface area contributed by atoms with E-state index < -0.39 is 28.7 Å². The topological polar surface area (TPSA) is 107 Å². The van der Waals surface area contributed by atoms with Gasteiger partial charge in [0.15, 0.2) is 5.96 Å². The average molecular weight is 524 g/mol. The van der Waals surface area contributed by atoms with E-state index >= 15 is 0 Å². The van der Waals surface area contributed by atoms with Crippen molar-refractivity contribution in [3.05, 3.63) is 58.4 Å². The second-order valence-corrected chi connectivity index (χ2v) is 9.52. The number of nitrogens with zero attached hydrogens (tertiary/aromatic N) is 2. The second kappa shape index (κ2) is 9.70. The maximum Gasteiger partial charge on any atom is 0.417 e. The number of rotatable bonds is 4. The van der Waals surface area contributed by atoms with Crippen molar-refractivity contribution in [1.29, 1.82) is 5.41 Å². The van der Waals surface area contributed by atoms with Crippen LogP contribution in [0.3, 0.4) is 0 Å². The van der Waals surface area contributed by atoms with Crippen LogP contribution in [0.1, 0.15) is 54.6 Å². The van der Waals surface area contributed by atoms with Crippen LogP contribution in [0.2, 0.25) is 5.02 Å². The van der Waals surface area contributed by atoms with Gasteiger partial charge >= 0.3 is 6.18 Å². The van der Waals surface area contributed by atoms with Crippen LogP contribution in [0.25, 0.3) is 0 Å². The van der Waals surface area contributed by atoms with Gasteiger partial charge in [-0.05, 0) is 44.4 Å². The van der Waals surface area contributed by atoms with Gasteiger partial charge in [0.1, 0.15) is 0 Å². The zero-order chi connectivity index (χ0) is 26.3. The molecule has 2 aliphatic heterocycles. The van der Waals surface area contributed by atoms with Gasteiger partial charge in [0, 0.05) is 25.0 Å². The highest BCUT2D eigenvalue weighted by Gasteiger charge is 2.44. The van der Waals surface area contributed by atoms with Gasteiger partial charge in [-0.2, -0.15) is 13.2 Å². The molecule has 2 saturated heterocycles. The lowest BCUT2D eigenvalue weighted by molar-refractivity contribution is -0.138. The molecule has 0 unspecified atom stereocenters. The molecule has 192 valence electrons. The minimum absolute atomic E-state index is 0.0148. The Bertz CT molecular complexity index is 1190. The quantitative estimate of drug-likeness (QED) is 0.545. The van der Waals surface area contributed by atoms with Crippen molar-refractivity contribution in [3.8, 4) is 0 Å². The molecule has 0 bridgehead atoms. The Balaban J connectivity index is 1.58. The molecule has 2 fully saturated rings. The van der Waals surface area contributed by atoms with Crippen LogP contribution in [0.15, 0.2) is 36.7 Å². The molecular formula is C24H25ClF3N5O3. The molecule has 0 radical (unpaired) electrons. The normalized spacial score (nSPS) is 24.9. The minimum Gasteiger partial charge on any atom is -0.378 e. The highest BCUT2D eigenvalue weighted by molar-refractivity contribution is 6.35. The second-order valence-electron chi connectivity index (χ2n) is 9.15. The summed E-state index contributed by atoms with van der Waals surface area (Å²) in [5.41, 5.74) is -2.36. The summed E-state index contributed by atoms with van der Waals surface area (Å²) in [6.07, 6.45) is -1.75. The fraction of sp³-hybridized carbons (Fsp3) is 0.417. The van der Waals surface area contributed by atoms with Gasteiger partial charge < -0.3 is 15.4 Å². The third-order valence-corrected chi connectivity index (χ3v) is 6.85. The van der Waals surface area contributed by atoms with Crippen molar-refractivity contribution in [1.82, 2.24) is 15.2 Å². The number of hydrogen-bond donors (Lipinski definition) is 3. The fourth-order valence-corrected chi connectivity index (χ4v) is 5.08. The first kappa shape index (κ1) is 25.9. The highest BCUT2D eigenvalue weighted by atomic mass is 35.5. The summed E-state index contributed by atoms with van der Waals surface area (Å²) in [7, 11) is 0. The third-order valence-electron chi connectivity index (χ3n) is 6.44. The van der Waals surface area contributed by atoms with Gasteiger partial charge in [-0.25, -0.2) is 0 Å². The number of alkyl halides is 3. The first-order valence-corrected chi connectivity index (χ1v) is 11.7. The maximum atomic E-state index is 13.3. The van der Waals surface area contributed by atoms with E-state index in [0.717, 1.165) is 18.5 Å². The van der Waals surface area contributed by atoms with Gasteiger partial charge in [0.2, 0.25) is 5.91 Å². The molecule has 36 heavy (non-hydrogen) atoms. The van der Waals surface area contributed by atoms with E-state index in [4.69, 9.17) is 21.7 Å². The number of aromatic nitrogens is 1. The van der Waals surface area contributed by atoms with Crippen LogP contribution in [-0.2, 0) is 21.2 Å². The number of benzene rings is 1. The van der Waals surface area contributed by atoms with Crippen molar-refractivity contribution >= 4 is 35.1 Å². The summed E-state index contributed by atoms with van der Waals surface area (Å²) in [6.45, 7) is 4.13. The largest absolute Gasteiger partial charge is 0.417 e. The summed E-state index contributed by atoms with van der Waals surface area (Å²) in [6, 6.07) is 5.22. The van der Waals surface area contributed by atoms with Crippen LogP contribution in [0.5, 0.6) is 0 Å². The molecule has 2 amide bonds. The number of hydrogen-bond acceptors (Lipinski definition) is 5. The lowest BCUT2D eigenvalue weighted by Crippen LogP contribution is -2.63. The van der Waals surface area contributed by atoms with Crippen molar-refractivity contribution in [2.24, 2.45) is 0 Å². The molecule has 1 aromatic heterocycles. The number of halogens is 4. The summed E-state index contributed by atoms with van der Waals surface area (Å²) in [4.78, 5) is 31.0. The average Bonchev–Trinajstić information content (AvgIpc) is 2.79. The summed E-state index contributed by atoms with van der Waals surface area (Å²) >= 11 is 6.59. The predicted molar refractivity (Wildman–Crippen MR) is 127 cm³/mol. The number of pyridine rings is 1. The molecule has 2 aromatic rings. The van der Waals surface area contributed by atoms with Crippen LogP contribution in [0, 0.1) is 5.41 Å². The Morgan fingerprint density at radius 1 is 1.36 bits per heavy atom. The minimum atomic E-state index is -4.74. The number of amides is 2. The van der Waals surface area contributed by atoms with E-state index in [2.05, 4.69) is 15.6 Å². The number of anilines is 1. The van der Waals surface area contributed by atoms with Crippen LogP contribution >= 0.6 is 11.6 Å². The number of nitrogens with one attached hydrogen (secondary N) is 3. The van der Waals surface area contributed by atoms with Crippen LogP contribution in [0.4, 0.5) is 18.9 Å². The predicted octanol–water partition coefficient (Wildman–Crippen LogP) is 4.55. The number of ether oxygens (including phenoxy) is 1. The molecule has 2 aliphatic rings. The lowest BCUT2D eigenvalue weighted by atomic mass is 9.85. The van der Waals surface area contributed by atoms with Crippen molar-refractivity contribution in [3.63, 3.8) is 0 Å². The molecular weight excluding hydrogens is 499 g/mol. The molecule has 12 heteroatoms. The third kappa shape index (κ3) is 5.03. The van der Waals surface area contributed by atoms with Crippen molar-refractivity contribution < 1.29 is 27.5 Å². The van der Waals surface area contributed by atoms with Crippen molar-refractivity contribution in [2.45, 2.75) is 57.0 Å². The van der Waals surface area contributed by atoms with Gasteiger partial charge in [0.05, 0.1) is 39.9 Å². The fourth-order valence-electron chi connectivity index (χ4n) is 4.70. The Kier molecular flexibility index (Phi) is 6.98. The number of carbonyl (C=O) groups is 2. The molecule has 0 saturated carbocycles. The zero-order valence-corrected chi connectivity index (χ0v) is 20.3. The summed E-state index contributed by atoms with van der Waals surface area (Å²) in [5, 5.41) is 14.1. The monoisotopic (exact) mass is 523 g/mol. The van der Waals surface area contributed by atoms with E-state index in [1.165, 1.54) is 11.0 Å². The summed E-state index contributed by atoms with van der Waals surface area (Å²) in [5.74, 6) is -1.35. The standard InChI is InChI=1S/C24H25ClF3N5O3/c1-13-10-14(7-9-36-13)33-19(34)11-23(2,32-22(33)29)17-4-3-5-18(20(17)25)31-21(35)15-12-30-8-6-16(15)24(26,27)28/h3-6,8,12-14H,7,9-11H2,1-2H3,(H2,29,32)(H,31,35)/t13-,14-,23+/m1/s1. The van der Waals surface area contributed by atoms with Gasteiger partial charge in [-0.1, -0.05) is 23.7 Å². The molecule has 0 spiro atoms. The Morgan fingerprint density at radius 3 is 2.78 bits per heavy atom. The highest BCUT2D eigenvalue weighted by Crippen LogP contribution is 2.39. The molecule has 1 aromatic carbocycles. The van der Waals surface area contributed by atoms with Gasteiger partial charge in [0.25, 0.3) is 5.91 Å². The number of carbonyl (C=O) groups excluding carboxylic acids is 2. The molecule has 3 N–H and O–H groups in total. The maximum absolute atomic E-state index is 13.3. The molecule has 4 rings (SSSR count). The smallest absolute Gasteiger partial charge is 0.378 e. The molecule has 0 aliphatic carbocycles. The van der Waals surface area contributed by atoms with Gasteiger partial charge in [-0.15, -0.1) is 0 Å². The van der Waals surface area contributed by atoms with E-state index in [-0.39, 0.29) is 41.1 Å². The Morgan fingerprint density at radius 2 is 2.11 bits per heavy atom. The first-order valence-electron chi connectivity index (χ1n) is 11.3. The molecule has 8 nitrogen and oxygen atoms in total. The van der Waals surface area contributed by atoms with Crippen LogP contribution in [-0.4, -0.2) is 46.4 Å². The van der Waals surface area contributed by atoms with E-state index in [0.29, 0.717) is 25.0 Å².